The van der Waals surface area contributed by atoms with Crippen LogP contribution in [0.3, 0.4) is 0 Å². The van der Waals surface area contributed by atoms with Gasteiger partial charge in [-0.3, -0.25) is 0 Å². The van der Waals surface area contributed by atoms with Gasteiger partial charge in [-0.2, -0.15) is 0 Å². The van der Waals surface area contributed by atoms with Crippen LogP contribution in [0.15, 0.2) is 23.7 Å². The summed E-state index contributed by atoms with van der Waals surface area (Å²) in [6, 6.07) is 0. The molecule has 0 aromatic heterocycles. The van der Waals surface area contributed by atoms with E-state index in [4.69, 9.17) is 0 Å². The Balaban J connectivity index is 2.74. The van der Waals surface area contributed by atoms with Crippen molar-refractivity contribution < 1.29 is 4.39 Å². The first-order valence-electron chi connectivity index (χ1n) is 2.93. The molecule has 0 aromatic rings. The Bertz CT molecular complexity index is 170. The number of hydrogen-bond donors (Lipinski definition) is 0. The van der Waals surface area contributed by atoms with Crippen LogP contribution in [0.5, 0.6) is 0 Å². The summed E-state index contributed by atoms with van der Waals surface area (Å²) < 4.78 is 12.5. The zero-order valence-corrected chi connectivity index (χ0v) is 5.69. The van der Waals surface area contributed by atoms with Gasteiger partial charge in [0, 0.05) is 13.2 Å². The summed E-state index contributed by atoms with van der Waals surface area (Å²) in [5.74, 6) is -0.0579. The molecule has 0 bridgehead atoms. The molecule has 50 valence electrons. The molecule has 1 aliphatic heterocycles. The lowest BCUT2D eigenvalue weighted by molar-refractivity contribution is 0.427. The molecular formula is C7H10FN. The highest BCUT2D eigenvalue weighted by molar-refractivity contribution is 5.22. The average Bonchev–Trinajstić information content (AvgIpc) is 1.59. The molecule has 1 nitrogen and oxygen atoms in total. The first-order chi connectivity index (χ1) is 4.18. The van der Waals surface area contributed by atoms with Gasteiger partial charge in [-0.15, -0.1) is 0 Å². The van der Waals surface area contributed by atoms with Gasteiger partial charge in [0.1, 0.15) is 5.83 Å². The summed E-state index contributed by atoms with van der Waals surface area (Å²) >= 11 is 0. The van der Waals surface area contributed by atoms with Crippen LogP contribution in [0.4, 0.5) is 4.39 Å². The third-order valence-electron chi connectivity index (χ3n) is 1.21. The van der Waals surface area contributed by atoms with Crippen molar-refractivity contribution >= 4 is 0 Å². The second-order valence-corrected chi connectivity index (χ2v) is 2.38. The van der Waals surface area contributed by atoms with E-state index in [1.54, 1.807) is 6.08 Å². The Morgan fingerprint density at radius 3 is 2.78 bits per heavy atom. The fourth-order valence-corrected chi connectivity index (χ4v) is 0.961. The molecule has 1 aliphatic rings. The van der Waals surface area contributed by atoms with Gasteiger partial charge in [-0.25, -0.2) is 4.39 Å². The van der Waals surface area contributed by atoms with Gasteiger partial charge in [-0.1, -0.05) is 0 Å². The molecular weight excluding hydrogens is 117 g/mol. The molecule has 2 heteroatoms. The summed E-state index contributed by atoms with van der Waals surface area (Å²) in [6.45, 7) is 2.30. The number of likely N-dealkylation sites (N-methyl/N-ethyl adjacent to an activating group) is 1. The molecule has 9 heavy (non-hydrogen) atoms. The summed E-state index contributed by atoms with van der Waals surface area (Å²) in [5, 5.41) is 0. The highest BCUT2D eigenvalue weighted by Crippen LogP contribution is 2.11. The first kappa shape index (κ1) is 6.33. The maximum absolute atomic E-state index is 12.5. The van der Waals surface area contributed by atoms with Crippen LogP contribution in [-0.2, 0) is 0 Å². The van der Waals surface area contributed by atoms with E-state index in [2.05, 4.69) is 0 Å². The molecule has 0 atom stereocenters. The van der Waals surface area contributed by atoms with E-state index in [1.807, 2.05) is 25.1 Å². The molecule has 0 amide bonds. The van der Waals surface area contributed by atoms with Gasteiger partial charge in [-0.05, 0) is 18.6 Å². The molecule has 0 unspecified atom stereocenters. The van der Waals surface area contributed by atoms with E-state index in [-0.39, 0.29) is 5.83 Å². The highest BCUT2D eigenvalue weighted by atomic mass is 19.1. The van der Waals surface area contributed by atoms with Crippen molar-refractivity contribution in [3.05, 3.63) is 23.7 Å². The molecule has 0 saturated carbocycles. The minimum absolute atomic E-state index is 0.0579. The van der Waals surface area contributed by atoms with E-state index in [1.165, 1.54) is 0 Å². The van der Waals surface area contributed by atoms with E-state index in [0.717, 1.165) is 5.57 Å². The molecule has 0 N–H and O–H groups in total. The van der Waals surface area contributed by atoms with Crippen molar-refractivity contribution in [2.24, 2.45) is 0 Å². The van der Waals surface area contributed by atoms with E-state index in [9.17, 15) is 4.39 Å². The third kappa shape index (κ3) is 1.56. The first-order valence-corrected chi connectivity index (χ1v) is 2.93. The van der Waals surface area contributed by atoms with Crippen molar-refractivity contribution in [2.75, 3.05) is 13.6 Å². The predicted octanol–water partition coefficient (Wildman–Crippen LogP) is 1.69. The van der Waals surface area contributed by atoms with Gasteiger partial charge in [0.05, 0.1) is 6.54 Å². The number of halogens is 1. The fraction of sp³-hybridized carbons (Fsp3) is 0.429. The monoisotopic (exact) mass is 127 g/mol. The van der Waals surface area contributed by atoms with Gasteiger partial charge in [0.2, 0.25) is 0 Å². The van der Waals surface area contributed by atoms with E-state index in [0.29, 0.717) is 6.54 Å². The van der Waals surface area contributed by atoms with Crippen LogP contribution in [0.1, 0.15) is 6.92 Å². The summed E-state index contributed by atoms with van der Waals surface area (Å²) in [6.07, 6.45) is 3.48. The van der Waals surface area contributed by atoms with Crippen molar-refractivity contribution in [1.29, 1.82) is 0 Å². The molecule has 0 radical (unpaired) electrons. The predicted molar refractivity (Wildman–Crippen MR) is 35.6 cm³/mol. The largest absolute Gasteiger partial charge is 0.374 e. The Morgan fingerprint density at radius 1 is 1.67 bits per heavy atom. The highest BCUT2D eigenvalue weighted by Gasteiger charge is 2.03. The lowest BCUT2D eigenvalue weighted by atomic mass is 10.2. The van der Waals surface area contributed by atoms with Gasteiger partial charge >= 0.3 is 0 Å². The second kappa shape index (κ2) is 2.21. The van der Waals surface area contributed by atoms with Crippen LogP contribution >= 0.6 is 0 Å². The zero-order valence-electron chi connectivity index (χ0n) is 5.69. The maximum Gasteiger partial charge on any atom is 0.119 e. The molecule has 0 saturated heterocycles. The number of hydrogen-bond acceptors (Lipinski definition) is 1. The van der Waals surface area contributed by atoms with Gasteiger partial charge < -0.3 is 4.90 Å². The number of nitrogens with zero attached hydrogens (tertiary/aromatic N) is 1. The van der Waals surface area contributed by atoms with Crippen LogP contribution < -0.4 is 0 Å². The Hall–Kier alpha value is -0.790. The summed E-state index contributed by atoms with van der Waals surface area (Å²) in [5.41, 5.74) is 0.973. The van der Waals surface area contributed by atoms with Crippen LogP contribution in [-0.4, -0.2) is 18.5 Å². The Kier molecular flexibility index (Phi) is 1.56. The van der Waals surface area contributed by atoms with Crippen molar-refractivity contribution in [1.82, 2.24) is 4.90 Å². The third-order valence-corrected chi connectivity index (χ3v) is 1.21. The summed E-state index contributed by atoms with van der Waals surface area (Å²) in [7, 11) is 1.86. The smallest absolute Gasteiger partial charge is 0.119 e. The lowest BCUT2D eigenvalue weighted by Crippen LogP contribution is -2.16. The number of allylic oxidation sites excluding steroid dienone is 2. The van der Waals surface area contributed by atoms with E-state index < -0.39 is 0 Å². The van der Waals surface area contributed by atoms with E-state index >= 15 is 0 Å². The minimum atomic E-state index is -0.0579. The SMILES string of the molecule is CC1=CN(C)CC(F)=C1. The molecule has 0 fully saturated rings. The van der Waals surface area contributed by atoms with Gasteiger partial charge in [0.25, 0.3) is 0 Å². The molecule has 0 aliphatic carbocycles. The molecule has 0 spiro atoms. The maximum atomic E-state index is 12.5. The molecule has 1 heterocycles. The van der Waals surface area contributed by atoms with Crippen LogP contribution in [0, 0.1) is 0 Å². The standard InChI is InChI=1S/C7H10FN/c1-6-3-7(8)5-9(2)4-6/h3-4H,5H2,1-2H3. The summed E-state index contributed by atoms with van der Waals surface area (Å²) in [4.78, 5) is 1.82. The minimum Gasteiger partial charge on any atom is -0.374 e. The normalized spacial score (nSPS) is 19.2. The molecule has 1 rings (SSSR count). The fourth-order valence-electron chi connectivity index (χ4n) is 0.961. The Morgan fingerprint density at radius 2 is 2.33 bits per heavy atom. The Labute approximate surface area is 54.5 Å². The van der Waals surface area contributed by atoms with Gasteiger partial charge in [0.15, 0.2) is 0 Å². The topological polar surface area (TPSA) is 3.24 Å². The molecule has 0 aromatic carbocycles. The zero-order chi connectivity index (χ0) is 6.85. The van der Waals surface area contributed by atoms with Crippen molar-refractivity contribution in [3.63, 3.8) is 0 Å². The van der Waals surface area contributed by atoms with Crippen molar-refractivity contribution in [2.45, 2.75) is 6.92 Å². The number of rotatable bonds is 0. The quantitative estimate of drug-likeness (QED) is 0.478. The van der Waals surface area contributed by atoms with Crippen LogP contribution in [0.25, 0.3) is 0 Å². The lowest BCUT2D eigenvalue weighted by Gasteiger charge is -2.17. The average molecular weight is 127 g/mol. The van der Waals surface area contributed by atoms with Crippen molar-refractivity contribution in [3.8, 4) is 0 Å². The van der Waals surface area contributed by atoms with Crippen LogP contribution in [0.2, 0.25) is 0 Å². The second-order valence-electron chi connectivity index (χ2n) is 2.38.